The largest absolute Gasteiger partial charge is 0.353 e. The van der Waals surface area contributed by atoms with Gasteiger partial charge in [0.1, 0.15) is 0 Å². The van der Waals surface area contributed by atoms with Crippen molar-refractivity contribution >= 4 is 12.1 Å². The van der Waals surface area contributed by atoms with E-state index in [1.165, 1.54) is 32.1 Å². The molecule has 21 heavy (non-hydrogen) atoms. The van der Waals surface area contributed by atoms with Crippen molar-refractivity contribution < 1.29 is 4.79 Å². The second kappa shape index (κ2) is 7.42. The molecule has 1 aliphatic heterocycles. The van der Waals surface area contributed by atoms with E-state index in [0.717, 1.165) is 25.3 Å². The van der Waals surface area contributed by atoms with Gasteiger partial charge in [-0.1, -0.05) is 20.8 Å². The minimum atomic E-state index is 0.259. The van der Waals surface area contributed by atoms with Gasteiger partial charge in [0, 0.05) is 19.0 Å². The molecule has 2 aliphatic rings. The van der Waals surface area contributed by atoms with E-state index in [1.807, 2.05) is 6.21 Å². The van der Waals surface area contributed by atoms with E-state index in [2.05, 4.69) is 31.1 Å². The van der Waals surface area contributed by atoms with E-state index in [0.29, 0.717) is 23.8 Å². The van der Waals surface area contributed by atoms with Gasteiger partial charge in [0.05, 0.1) is 0 Å². The van der Waals surface area contributed by atoms with Gasteiger partial charge in [-0.25, -0.2) is 0 Å². The van der Waals surface area contributed by atoms with Gasteiger partial charge < -0.3 is 5.32 Å². The van der Waals surface area contributed by atoms with Crippen LogP contribution in [-0.2, 0) is 4.79 Å². The number of hydrogen-bond acceptors (Lipinski definition) is 2. The van der Waals surface area contributed by atoms with Crippen molar-refractivity contribution in [1.82, 2.24) is 5.32 Å². The molecule has 0 aromatic rings. The Morgan fingerprint density at radius 1 is 1.14 bits per heavy atom. The zero-order valence-electron chi connectivity index (χ0n) is 14.0. The number of carbonyl (C=O) groups excluding carboxylic acids is 1. The first-order valence-electron chi connectivity index (χ1n) is 8.70. The molecule has 1 aliphatic carbocycles. The number of amides is 1. The molecule has 1 N–H and O–H groups in total. The van der Waals surface area contributed by atoms with Crippen LogP contribution in [0.25, 0.3) is 0 Å². The Labute approximate surface area is 130 Å². The Morgan fingerprint density at radius 2 is 1.86 bits per heavy atom. The number of rotatable bonds is 4. The van der Waals surface area contributed by atoms with Crippen LogP contribution in [-0.4, -0.2) is 24.7 Å². The summed E-state index contributed by atoms with van der Waals surface area (Å²) in [6, 6.07) is 0.422. The first-order valence-corrected chi connectivity index (χ1v) is 8.70. The molecule has 120 valence electrons. The van der Waals surface area contributed by atoms with Gasteiger partial charge in [-0.3, -0.25) is 9.79 Å². The maximum absolute atomic E-state index is 12.1. The van der Waals surface area contributed by atoms with Crippen LogP contribution in [0.5, 0.6) is 0 Å². The molecule has 1 heterocycles. The Kier molecular flexibility index (Phi) is 5.83. The smallest absolute Gasteiger partial charge is 0.220 e. The summed E-state index contributed by atoms with van der Waals surface area (Å²) >= 11 is 0. The molecule has 0 aromatic heterocycles. The highest BCUT2D eigenvalue weighted by molar-refractivity contribution is 5.77. The molecule has 0 saturated heterocycles. The summed E-state index contributed by atoms with van der Waals surface area (Å²) < 4.78 is 0. The average Bonchev–Trinajstić information content (AvgIpc) is 2.40. The molecule has 2 rings (SSSR count). The van der Waals surface area contributed by atoms with E-state index in [9.17, 15) is 4.79 Å². The van der Waals surface area contributed by atoms with Crippen LogP contribution in [0.15, 0.2) is 4.99 Å². The molecule has 0 bridgehead atoms. The third-order valence-electron chi connectivity index (χ3n) is 4.82. The molecule has 1 atom stereocenters. The fourth-order valence-corrected chi connectivity index (χ4v) is 3.80. The van der Waals surface area contributed by atoms with E-state index in [4.69, 9.17) is 0 Å². The molecule has 0 aromatic carbocycles. The van der Waals surface area contributed by atoms with Gasteiger partial charge in [0.15, 0.2) is 0 Å². The Bertz CT molecular complexity index is 362. The first kappa shape index (κ1) is 16.5. The maximum atomic E-state index is 12.1. The van der Waals surface area contributed by atoms with Crippen LogP contribution in [0.3, 0.4) is 0 Å². The average molecular weight is 292 g/mol. The van der Waals surface area contributed by atoms with E-state index in [1.54, 1.807) is 0 Å². The summed E-state index contributed by atoms with van der Waals surface area (Å²) in [6.07, 6.45) is 10.9. The van der Waals surface area contributed by atoms with Gasteiger partial charge in [-0.2, -0.15) is 0 Å². The summed E-state index contributed by atoms with van der Waals surface area (Å²) in [5.74, 6) is 1.63. The Balaban J connectivity index is 1.66. The third kappa shape index (κ3) is 6.19. The van der Waals surface area contributed by atoms with Gasteiger partial charge >= 0.3 is 0 Å². The first-order chi connectivity index (χ1) is 9.92. The Hall–Kier alpha value is -0.860. The summed E-state index contributed by atoms with van der Waals surface area (Å²) in [6.45, 7) is 7.88. The predicted octanol–water partition coefficient (Wildman–Crippen LogP) is 3.97. The highest BCUT2D eigenvalue weighted by Gasteiger charge is 2.26. The molecule has 0 radical (unpaired) electrons. The lowest BCUT2D eigenvalue weighted by molar-refractivity contribution is -0.123. The monoisotopic (exact) mass is 292 g/mol. The molecular weight excluding hydrogens is 260 g/mol. The number of nitrogens with zero attached hydrogens (tertiary/aromatic N) is 1. The minimum Gasteiger partial charge on any atom is -0.353 e. The second-order valence-corrected chi connectivity index (χ2v) is 8.23. The van der Waals surface area contributed by atoms with Crippen molar-refractivity contribution in [2.24, 2.45) is 22.2 Å². The van der Waals surface area contributed by atoms with Crippen molar-refractivity contribution in [1.29, 1.82) is 0 Å². The molecular formula is C18H32N2O. The number of nitrogens with one attached hydrogen (secondary N) is 1. The fourth-order valence-electron chi connectivity index (χ4n) is 3.80. The molecule has 1 amide bonds. The van der Waals surface area contributed by atoms with Crippen LogP contribution in [0.1, 0.15) is 72.1 Å². The third-order valence-corrected chi connectivity index (χ3v) is 4.82. The quantitative estimate of drug-likeness (QED) is 0.837. The summed E-state index contributed by atoms with van der Waals surface area (Å²) in [5, 5.41) is 3.27. The second-order valence-electron chi connectivity index (χ2n) is 8.23. The Morgan fingerprint density at radius 3 is 2.43 bits per heavy atom. The van der Waals surface area contributed by atoms with Crippen LogP contribution in [0.4, 0.5) is 0 Å². The zero-order chi connectivity index (χ0) is 15.3. The van der Waals surface area contributed by atoms with Gasteiger partial charge in [0.25, 0.3) is 0 Å². The van der Waals surface area contributed by atoms with Crippen LogP contribution in [0.2, 0.25) is 0 Å². The summed E-state index contributed by atoms with van der Waals surface area (Å²) in [7, 11) is 0. The van der Waals surface area contributed by atoms with E-state index < -0.39 is 0 Å². The van der Waals surface area contributed by atoms with Crippen LogP contribution >= 0.6 is 0 Å². The minimum absolute atomic E-state index is 0.259. The van der Waals surface area contributed by atoms with Crippen molar-refractivity contribution in [3.8, 4) is 0 Å². The SMILES string of the molecule is CC(C)(C)CC1CCC(NC(=O)CC2CC=NCC2)CC1. The van der Waals surface area contributed by atoms with Crippen LogP contribution in [0, 0.1) is 17.3 Å². The number of aliphatic imine (C=N–C) groups is 1. The van der Waals surface area contributed by atoms with E-state index in [-0.39, 0.29) is 5.91 Å². The highest BCUT2D eigenvalue weighted by Crippen LogP contribution is 2.34. The summed E-state index contributed by atoms with van der Waals surface area (Å²) in [5.41, 5.74) is 0.434. The molecule has 3 heteroatoms. The highest BCUT2D eigenvalue weighted by atomic mass is 16.1. The van der Waals surface area contributed by atoms with Gasteiger partial charge in [0.2, 0.25) is 5.91 Å². The normalized spacial score (nSPS) is 30.1. The van der Waals surface area contributed by atoms with Crippen molar-refractivity contribution in [3.63, 3.8) is 0 Å². The predicted molar refractivity (Wildman–Crippen MR) is 88.7 cm³/mol. The number of carbonyl (C=O) groups is 1. The lowest BCUT2D eigenvalue weighted by Gasteiger charge is -2.33. The van der Waals surface area contributed by atoms with Crippen molar-refractivity contribution in [2.75, 3.05) is 6.54 Å². The fraction of sp³-hybridized carbons (Fsp3) is 0.889. The standard InChI is InChI=1S/C18H32N2O/c1-18(2,3)13-15-4-6-16(7-5-15)20-17(21)12-14-8-10-19-11-9-14/h10,14-16H,4-9,11-13H2,1-3H3,(H,20,21). The van der Waals surface area contributed by atoms with E-state index >= 15 is 0 Å². The molecule has 1 unspecified atom stereocenters. The van der Waals surface area contributed by atoms with Crippen molar-refractivity contribution in [3.05, 3.63) is 0 Å². The lowest BCUT2D eigenvalue weighted by Crippen LogP contribution is -2.39. The van der Waals surface area contributed by atoms with Gasteiger partial charge in [-0.15, -0.1) is 0 Å². The topological polar surface area (TPSA) is 41.5 Å². The molecule has 1 fully saturated rings. The molecule has 1 saturated carbocycles. The molecule has 3 nitrogen and oxygen atoms in total. The lowest BCUT2D eigenvalue weighted by atomic mass is 9.76. The number of hydrogen-bond donors (Lipinski definition) is 1. The zero-order valence-corrected chi connectivity index (χ0v) is 14.0. The maximum Gasteiger partial charge on any atom is 0.220 e. The molecule has 0 spiro atoms. The van der Waals surface area contributed by atoms with Gasteiger partial charge in [-0.05, 0) is 68.4 Å². The van der Waals surface area contributed by atoms with Crippen molar-refractivity contribution in [2.45, 2.75) is 78.2 Å². The van der Waals surface area contributed by atoms with Crippen LogP contribution < -0.4 is 5.32 Å². The summed E-state index contributed by atoms with van der Waals surface area (Å²) in [4.78, 5) is 16.4.